The van der Waals surface area contributed by atoms with Crippen LogP contribution in [0.5, 0.6) is 0 Å². The molecule has 7 nitrogen and oxygen atoms in total. The highest BCUT2D eigenvalue weighted by Crippen LogP contribution is 2.25. The first kappa shape index (κ1) is 19.5. The molecular formula is C21H23N3O4. The zero-order valence-corrected chi connectivity index (χ0v) is 15.9. The Labute approximate surface area is 163 Å². The zero-order chi connectivity index (χ0) is 20.3. The third kappa shape index (κ3) is 4.36. The number of carbonyl (C=O) groups is 3. The highest BCUT2D eigenvalue weighted by atomic mass is 16.4. The Balaban J connectivity index is 1.82. The number of pyridine rings is 1. The second kappa shape index (κ2) is 8.21. The lowest BCUT2D eigenvalue weighted by Crippen LogP contribution is -2.42. The minimum atomic E-state index is -1.16. The number of piperidine rings is 1. The second-order valence-electron chi connectivity index (χ2n) is 7.42. The van der Waals surface area contributed by atoms with Crippen LogP contribution in [0.3, 0.4) is 0 Å². The summed E-state index contributed by atoms with van der Waals surface area (Å²) in [5.41, 5.74) is 0.847. The molecule has 2 aromatic rings. The van der Waals surface area contributed by atoms with Gasteiger partial charge in [0, 0.05) is 25.5 Å². The molecule has 2 heterocycles. The second-order valence-corrected chi connectivity index (χ2v) is 7.42. The maximum Gasteiger partial charge on any atom is 0.337 e. The molecule has 0 saturated carbocycles. The highest BCUT2D eigenvalue weighted by Gasteiger charge is 2.27. The smallest absolute Gasteiger partial charge is 0.337 e. The van der Waals surface area contributed by atoms with Gasteiger partial charge >= 0.3 is 5.97 Å². The number of carbonyl (C=O) groups excluding carboxylic acids is 2. The minimum absolute atomic E-state index is 0.0756. The third-order valence-electron chi connectivity index (χ3n) is 4.81. The van der Waals surface area contributed by atoms with Crippen molar-refractivity contribution < 1.29 is 19.5 Å². The predicted octanol–water partition coefficient (Wildman–Crippen LogP) is 3.15. The molecule has 2 N–H and O–H groups in total. The third-order valence-corrected chi connectivity index (χ3v) is 4.81. The Hall–Kier alpha value is -3.22. The van der Waals surface area contributed by atoms with Crippen molar-refractivity contribution in [2.75, 3.05) is 18.4 Å². The summed E-state index contributed by atoms with van der Waals surface area (Å²) >= 11 is 0. The van der Waals surface area contributed by atoms with Crippen molar-refractivity contribution in [2.45, 2.75) is 20.3 Å². The lowest BCUT2D eigenvalue weighted by Gasteiger charge is -2.35. The molecule has 7 heteroatoms. The average Bonchev–Trinajstić information content (AvgIpc) is 2.67. The molecule has 1 aromatic carbocycles. The number of amides is 2. The predicted molar refractivity (Wildman–Crippen MR) is 104 cm³/mol. The SMILES string of the molecule is CC1CC(C)CN(C(=O)c2ccccc2NC(=O)c2cncc(C(=O)O)c2)C1. The topological polar surface area (TPSA) is 99.6 Å². The average molecular weight is 381 g/mol. The van der Waals surface area contributed by atoms with E-state index in [1.165, 1.54) is 18.5 Å². The molecule has 0 spiro atoms. The Bertz CT molecular complexity index is 902. The molecule has 3 rings (SSSR count). The molecule has 1 saturated heterocycles. The molecule has 2 unspecified atom stereocenters. The quantitative estimate of drug-likeness (QED) is 0.847. The molecule has 0 aliphatic carbocycles. The van der Waals surface area contributed by atoms with Gasteiger partial charge in [-0.3, -0.25) is 14.6 Å². The number of aromatic nitrogens is 1. The van der Waals surface area contributed by atoms with E-state index < -0.39 is 11.9 Å². The van der Waals surface area contributed by atoms with E-state index in [0.29, 0.717) is 36.2 Å². The van der Waals surface area contributed by atoms with Crippen molar-refractivity contribution in [1.29, 1.82) is 0 Å². The standard InChI is InChI=1S/C21H23N3O4/c1-13-7-14(2)12-24(11-13)20(26)17-5-3-4-6-18(17)23-19(25)15-8-16(21(27)28)10-22-9-15/h3-6,8-10,13-14H,7,11-12H2,1-2H3,(H,23,25)(H,27,28). The van der Waals surface area contributed by atoms with E-state index in [1.807, 2.05) is 4.90 Å². The molecule has 28 heavy (non-hydrogen) atoms. The number of nitrogens with zero attached hydrogens (tertiary/aromatic N) is 2. The van der Waals surface area contributed by atoms with Crippen molar-refractivity contribution in [3.63, 3.8) is 0 Å². The molecule has 1 fully saturated rings. The first-order valence-electron chi connectivity index (χ1n) is 9.23. The molecule has 2 atom stereocenters. The lowest BCUT2D eigenvalue weighted by molar-refractivity contribution is 0.0623. The van der Waals surface area contributed by atoms with Crippen LogP contribution in [-0.2, 0) is 0 Å². The van der Waals surface area contributed by atoms with Crippen LogP contribution in [0.15, 0.2) is 42.7 Å². The maximum atomic E-state index is 13.1. The van der Waals surface area contributed by atoms with Gasteiger partial charge in [0.2, 0.25) is 0 Å². The number of benzene rings is 1. The Morgan fingerprint density at radius 2 is 1.71 bits per heavy atom. The minimum Gasteiger partial charge on any atom is -0.478 e. The molecule has 0 bridgehead atoms. The van der Waals surface area contributed by atoms with E-state index in [-0.39, 0.29) is 17.0 Å². The maximum absolute atomic E-state index is 13.1. The summed E-state index contributed by atoms with van der Waals surface area (Å²) in [6, 6.07) is 8.10. The van der Waals surface area contributed by atoms with E-state index in [2.05, 4.69) is 24.1 Å². The highest BCUT2D eigenvalue weighted by molar-refractivity contribution is 6.09. The van der Waals surface area contributed by atoms with Crippen molar-refractivity contribution >= 4 is 23.5 Å². The van der Waals surface area contributed by atoms with Gasteiger partial charge in [-0.05, 0) is 36.5 Å². The molecule has 1 aliphatic heterocycles. The fourth-order valence-electron chi connectivity index (χ4n) is 3.65. The van der Waals surface area contributed by atoms with E-state index >= 15 is 0 Å². The summed E-state index contributed by atoms with van der Waals surface area (Å²) in [6.45, 7) is 5.64. The molecule has 2 amide bonds. The van der Waals surface area contributed by atoms with Crippen molar-refractivity contribution in [1.82, 2.24) is 9.88 Å². The number of para-hydroxylation sites is 1. The summed E-state index contributed by atoms with van der Waals surface area (Å²) in [6.07, 6.45) is 3.56. The normalized spacial score (nSPS) is 19.1. The molecule has 1 aromatic heterocycles. The summed E-state index contributed by atoms with van der Waals surface area (Å²) in [7, 11) is 0. The van der Waals surface area contributed by atoms with Crippen LogP contribution in [0.25, 0.3) is 0 Å². The van der Waals surface area contributed by atoms with Crippen LogP contribution in [-0.4, -0.2) is 45.9 Å². The number of aromatic carboxylic acids is 1. The first-order chi connectivity index (χ1) is 13.3. The fraction of sp³-hybridized carbons (Fsp3) is 0.333. The summed E-state index contributed by atoms with van der Waals surface area (Å²) < 4.78 is 0. The van der Waals surface area contributed by atoms with Gasteiger partial charge in [0.05, 0.1) is 22.4 Å². The summed E-state index contributed by atoms with van der Waals surface area (Å²) in [5.74, 6) is -0.937. The van der Waals surface area contributed by atoms with Gasteiger partial charge < -0.3 is 15.3 Å². The van der Waals surface area contributed by atoms with Gasteiger partial charge in [-0.25, -0.2) is 4.79 Å². The van der Waals surface area contributed by atoms with Gasteiger partial charge in [-0.1, -0.05) is 26.0 Å². The molecule has 1 aliphatic rings. The van der Waals surface area contributed by atoms with Crippen LogP contribution >= 0.6 is 0 Å². The largest absolute Gasteiger partial charge is 0.478 e. The zero-order valence-electron chi connectivity index (χ0n) is 15.9. The van der Waals surface area contributed by atoms with Crippen molar-refractivity contribution in [3.8, 4) is 0 Å². The number of carboxylic acid groups (broad SMARTS) is 1. The van der Waals surface area contributed by atoms with Gasteiger partial charge in [-0.15, -0.1) is 0 Å². The summed E-state index contributed by atoms with van der Waals surface area (Å²) in [4.78, 5) is 42.3. The molecule has 146 valence electrons. The number of likely N-dealkylation sites (tertiary alicyclic amines) is 1. The lowest BCUT2D eigenvalue weighted by atomic mass is 9.91. The number of carboxylic acids is 1. The number of hydrogen-bond acceptors (Lipinski definition) is 4. The molecular weight excluding hydrogens is 358 g/mol. The van der Waals surface area contributed by atoms with Crippen LogP contribution in [0.4, 0.5) is 5.69 Å². The Kier molecular flexibility index (Phi) is 5.73. The monoisotopic (exact) mass is 381 g/mol. The Morgan fingerprint density at radius 3 is 2.39 bits per heavy atom. The van der Waals surface area contributed by atoms with E-state index in [0.717, 1.165) is 6.42 Å². The first-order valence-corrected chi connectivity index (χ1v) is 9.23. The van der Waals surface area contributed by atoms with Crippen LogP contribution in [0.1, 0.15) is 51.3 Å². The number of rotatable bonds is 4. The van der Waals surface area contributed by atoms with Crippen LogP contribution in [0, 0.1) is 11.8 Å². The van der Waals surface area contributed by atoms with E-state index in [9.17, 15) is 14.4 Å². The van der Waals surface area contributed by atoms with Gasteiger partial charge in [-0.2, -0.15) is 0 Å². The summed E-state index contributed by atoms with van der Waals surface area (Å²) in [5, 5.41) is 11.8. The van der Waals surface area contributed by atoms with Crippen LogP contribution < -0.4 is 5.32 Å². The van der Waals surface area contributed by atoms with Gasteiger partial charge in [0.15, 0.2) is 0 Å². The number of nitrogens with one attached hydrogen (secondary N) is 1. The molecule has 0 radical (unpaired) electrons. The Morgan fingerprint density at radius 1 is 1.07 bits per heavy atom. The fourth-order valence-corrected chi connectivity index (χ4v) is 3.65. The number of hydrogen-bond donors (Lipinski definition) is 2. The van der Waals surface area contributed by atoms with Crippen LogP contribution in [0.2, 0.25) is 0 Å². The van der Waals surface area contributed by atoms with Crippen molar-refractivity contribution in [2.24, 2.45) is 11.8 Å². The van der Waals surface area contributed by atoms with Gasteiger partial charge in [0.25, 0.3) is 11.8 Å². The van der Waals surface area contributed by atoms with Gasteiger partial charge in [0.1, 0.15) is 0 Å². The number of anilines is 1. The van der Waals surface area contributed by atoms with Crippen molar-refractivity contribution in [3.05, 3.63) is 59.4 Å². The van der Waals surface area contributed by atoms with E-state index in [4.69, 9.17) is 5.11 Å². The van der Waals surface area contributed by atoms with E-state index in [1.54, 1.807) is 24.3 Å².